The molecule has 0 aromatic carbocycles. The summed E-state index contributed by atoms with van der Waals surface area (Å²) in [5.74, 6) is -3.32. The van der Waals surface area contributed by atoms with Crippen molar-refractivity contribution in [2.24, 2.45) is 11.8 Å². The Morgan fingerprint density at radius 2 is 1.73 bits per heavy atom. The van der Waals surface area contributed by atoms with Crippen molar-refractivity contribution in [2.45, 2.75) is 57.8 Å². The van der Waals surface area contributed by atoms with Gasteiger partial charge >= 0.3 is 5.97 Å². The number of carbonyl (C=O) groups excluding carboxylic acids is 3. The second-order valence-electron chi connectivity index (χ2n) is 7.07. The maximum absolute atomic E-state index is 12.8. The summed E-state index contributed by atoms with van der Waals surface area (Å²) in [7, 11) is 1.34. The highest BCUT2D eigenvalue weighted by Crippen LogP contribution is 2.39. The fourth-order valence-electron chi connectivity index (χ4n) is 4.08. The summed E-state index contributed by atoms with van der Waals surface area (Å²) < 4.78 is 4.94. The summed E-state index contributed by atoms with van der Waals surface area (Å²) in [5, 5.41) is 14.7. The van der Waals surface area contributed by atoms with Crippen LogP contribution in [0.4, 0.5) is 5.00 Å². The number of rotatable bonds is 4. The summed E-state index contributed by atoms with van der Waals surface area (Å²) in [6.07, 6.45) is 7.51. The Morgan fingerprint density at radius 3 is 2.42 bits per heavy atom. The lowest BCUT2D eigenvalue weighted by molar-refractivity contribution is -0.313. The average molecular weight is 378 g/mol. The summed E-state index contributed by atoms with van der Waals surface area (Å²) in [6, 6.07) is 0. The van der Waals surface area contributed by atoms with E-state index in [-0.39, 0.29) is 5.91 Å². The van der Waals surface area contributed by atoms with Crippen LogP contribution in [0.5, 0.6) is 0 Å². The van der Waals surface area contributed by atoms with Crippen LogP contribution >= 0.6 is 11.3 Å². The first-order valence-electron chi connectivity index (χ1n) is 9.27. The zero-order valence-electron chi connectivity index (χ0n) is 15.0. The largest absolute Gasteiger partial charge is 0.550 e. The number of amides is 1. The van der Waals surface area contributed by atoms with E-state index in [9.17, 15) is 19.5 Å². The normalized spacial score (nSPS) is 22.8. The van der Waals surface area contributed by atoms with Gasteiger partial charge in [0.15, 0.2) is 0 Å². The van der Waals surface area contributed by atoms with Gasteiger partial charge < -0.3 is 20.0 Å². The van der Waals surface area contributed by atoms with E-state index in [0.717, 1.165) is 55.4 Å². The van der Waals surface area contributed by atoms with E-state index in [2.05, 4.69) is 5.32 Å². The second kappa shape index (κ2) is 8.20. The number of nitrogens with one attached hydrogen (secondary N) is 1. The molecule has 2 atom stereocenters. The monoisotopic (exact) mass is 378 g/mol. The number of carboxylic acids is 1. The number of aliphatic carboxylic acids is 1. The van der Waals surface area contributed by atoms with Gasteiger partial charge in [0.05, 0.1) is 12.7 Å². The standard InChI is InChI=1S/C19H25NO5S/c1-25-19(24)15-13-9-3-2-4-10-14(13)26-17(15)20-16(21)11-7-5-6-8-12(11)18(22)23/h11-12H,2-10H2,1H3,(H,20,21)(H,22,23)/p-1/t11-,12+/m1/s1. The highest BCUT2D eigenvalue weighted by atomic mass is 32.1. The van der Waals surface area contributed by atoms with E-state index in [0.29, 0.717) is 23.4 Å². The fraction of sp³-hybridized carbons (Fsp3) is 0.632. The van der Waals surface area contributed by atoms with Crippen LogP contribution < -0.4 is 10.4 Å². The molecule has 3 rings (SSSR count). The average Bonchev–Trinajstić information content (AvgIpc) is 2.81. The number of aryl methyl sites for hydroxylation is 1. The Labute approximate surface area is 156 Å². The first kappa shape index (κ1) is 18.9. The zero-order chi connectivity index (χ0) is 18.7. The van der Waals surface area contributed by atoms with Gasteiger partial charge in [0.25, 0.3) is 0 Å². The third-order valence-electron chi connectivity index (χ3n) is 5.45. The molecule has 1 aromatic heterocycles. The number of hydrogen-bond acceptors (Lipinski definition) is 6. The molecule has 1 amide bonds. The van der Waals surface area contributed by atoms with Crippen LogP contribution in [-0.4, -0.2) is 25.0 Å². The van der Waals surface area contributed by atoms with Crippen molar-refractivity contribution in [2.75, 3.05) is 12.4 Å². The number of fused-ring (bicyclic) bond motifs is 1. The lowest BCUT2D eigenvalue weighted by atomic mass is 9.79. The molecule has 0 spiro atoms. The number of hydrogen-bond donors (Lipinski definition) is 1. The molecule has 1 heterocycles. The first-order valence-corrected chi connectivity index (χ1v) is 10.1. The van der Waals surface area contributed by atoms with Crippen molar-refractivity contribution in [3.8, 4) is 0 Å². The quantitative estimate of drug-likeness (QED) is 0.641. The SMILES string of the molecule is COC(=O)c1c(NC(=O)[C@@H]2CCCC[C@@H]2C(=O)[O-])sc2c1CCCCC2. The van der Waals surface area contributed by atoms with E-state index < -0.39 is 23.8 Å². The fourth-order valence-corrected chi connectivity index (χ4v) is 5.36. The van der Waals surface area contributed by atoms with Gasteiger partial charge in [-0.1, -0.05) is 19.3 Å². The zero-order valence-corrected chi connectivity index (χ0v) is 15.8. The van der Waals surface area contributed by atoms with Gasteiger partial charge in [-0.05, 0) is 44.1 Å². The first-order chi connectivity index (χ1) is 12.5. The summed E-state index contributed by atoms with van der Waals surface area (Å²) in [5.41, 5.74) is 1.43. The van der Waals surface area contributed by atoms with Crippen LogP contribution in [0.2, 0.25) is 0 Å². The molecule has 0 radical (unpaired) electrons. The van der Waals surface area contributed by atoms with E-state index >= 15 is 0 Å². The van der Waals surface area contributed by atoms with E-state index in [1.807, 2.05) is 0 Å². The molecule has 2 aliphatic rings. The summed E-state index contributed by atoms with van der Waals surface area (Å²) in [6.45, 7) is 0. The molecule has 1 saturated carbocycles. The van der Waals surface area contributed by atoms with Gasteiger partial charge in [-0.25, -0.2) is 4.79 Å². The topological polar surface area (TPSA) is 95.5 Å². The predicted molar refractivity (Wildman–Crippen MR) is 96.0 cm³/mol. The summed E-state index contributed by atoms with van der Waals surface area (Å²) >= 11 is 1.43. The molecule has 7 heteroatoms. The second-order valence-corrected chi connectivity index (χ2v) is 8.17. The molecular weight excluding hydrogens is 354 g/mol. The number of thiophene rings is 1. The van der Waals surface area contributed by atoms with Gasteiger partial charge in [-0.2, -0.15) is 0 Å². The Bertz CT molecular complexity index is 711. The molecule has 1 fully saturated rings. The van der Waals surface area contributed by atoms with Gasteiger partial charge in [0.2, 0.25) is 5.91 Å². The Morgan fingerprint density at radius 1 is 1.04 bits per heavy atom. The van der Waals surface area contributed by atoms with Crippen molar-refractivity contribution in [1.82, 2.24) is 0 Å². The van der Waals surface area contributed by atoms with E-state index in [1.165, 1.54) is 18.4 Å². The number of esters is 1. The molecule has 142 valence electrons. The third-order valence-corrected chi connectivity index (χ3v) is 6.66. The van der Waals surface area contributed by atoms with Crippen LogP contribution in [-0.2, 0) is 27.2 Å². The number of methoxy groups -OCH3 is 1. The van der Waals surface area contributed by atoms with Crippen molar-refractivity contribution in [1.29, 1.82) is 0 Å². The van der Waals surface area contributed by atoms with Gasteiger partial charge in [0, 0.05) is 22.7 Å². The number of ether oxygens (including phenoxy) is 1. The number of carbonyl (C=O) groups is 3. The van der Waals surface area contributed by atoms with Crippen molar-refractivity contribution < 1.29 is 24.2 Å². The van der Waals surface area contributed by atoms with Gasteiger partial charge in [-0.15, -0.1) is 11.3 Å². The Balaban J connectivity index is 1.87. The number of anilines is 1. The molecule has 2 aliphatic carbocycles. The van der Waals surface area contributed by atoms with Crippen molar-refractivity contribution >= 4 is 34.2 Å². The van der Waals surface area contributed by atoms with E-state index in [1.54, 1.807) is 0 Å². The molecule has 26 heavy (non-hydrogen) atoms. The summed E-state index contributed by atoms with van der Waals surface area (Å²) in [4.78, 5) is 37.6. The van der Waals surface area contributed by atoms with Crippen LogP contribution in [0.3, 0.4) is 0 Å². The smallest absolute Gasteiger partial charge is 0.341 e. The van der Waals surface area contributed by atoms with Crippen LogP contribution in [0.1, 0.15) is 65.7 Å². The Kier molecular flexibility index (Phi) is 5.96. The lowest BCUT2D eigenvalue weighted by Gasteiger charge is -2.31. The van der Waals surface area contributed by atoms with Crippen LogP contribution in [0, 0.1) is 11.8 Å². The molecule has 0 saturated heterocycles. The number of carboxylic acid groups (broad SMARTS) is 1. The molecular formula is C19H24NO5S-. The highest BCUT2D eigenvalue weighted by Gasteiger charge is 2.33. The van der Waals surface area contributed by atoms with Gasteiger partial charge in [0.1, 0.15) is 5.00 Å². The van der Waals surface area contributed by atoms with Gasteiger partial charge in [-0.3, -0.25) is 4.79 Å². The predicted octanol–water partition coefficient (Wildman–Crippen LogP) is 2.30. The molecule has 6 nitrogen and oxygen atoms in total. The highest BCUT2D eigenvalue weighted by molar-refractivity contribution is 7.17. The minimum Gasteiger partial charge on any atom is -0.550 e. The minimum atomic E-state index is -1.17. The molecule has 1 aromatic rings. The molecule has 0 aliphatic heterocycles. The van der Waals surface area contributed by atoms with E-state index in [4.69, 9.17) is 4.74 Å². The van der Waals surface area contributed by atoms with Crippen LogP contribution in [0.25, 0.3) is 0 Å². The third kappa shape index (κ3) is 3.77. The van der Waals surface area contributed by atoms with Crippen molar-refractivity contribution in [3.63, 3.8) is 0 Å². The lowest BCUT2D eigenvalue weighted by Crippen LogP contribution is -2.42. The maximum Gasteiger partial charge on any atom is 0.341 e. The van der Waals surface area contributed by atoms with Crippen molar-refractivity contribution in [3.05, 3.63) is 16.0 Å². The minimum absolute atomic E-state index is 0.333. The Hall–Kier alpha value is -1.89. The molecule has 1 N–H and O–H groups in total. The molecule has 0 unspecified atom stereocenters. The molecule has 0 bridgehead atoms. The van der Waals surface area contributed by atoms with Crippen LogP contribution in [0.15, 0.2) is 0 Å². The maximum atomic E-state index is 12.8.